The summed E-state index contributed by atoms with van der Waals surface area (Å²) in [5, 5.41) is 4.67. The highest BCUT2D eigenvalue weighted by molar-refractivity contribution is 5.98. The van der Waals surface area contributed by atoms with E-state index in [2.05, 4.69) is 10.3 Å². The molecule has 1 aliphatic heterocycles. The molecule has 194 valence electrons. The van der Waals surface area contributed by atoms with Gasteiger partial charge in [-0.15, -0.1) is 0 Å². The van der Waals surface area contributed by atoms with Crippen molar-refractivity contribution < 1.29 is 23.9 Å². The topological polar surface area (TPSA) is 124 Å². The van der Waals surface area contributed by atoms with Gasteiger partial charge in [-0.1, -0.05) is 6.07 Å². The lowest BCUT2D eigenvalue weighted by molar-refractivity contribution is -0.143. The second kappa shape index (κ2) is 12.2. The first kappa shape index (κ1) is 25.9. The van der Waals surface area contributed by atoms with Gasteiger partial charge in [0.05, 0.1) is 12.6 Å². The first-order valence-corrected chi connectivity index (χ1v) is 12.6. The van der Waals surface area contributed by atoms with Crippen LogP contribution in [0.4, 0.5) is 5.82 Å². The Morgan fingerprint density at radius 2 is 1.78 bits per heavy atom. The van der Waals surface area contributed by atoms with E-state index in [1.807, 2.05) is 23.1 Å². The van der Waals surface area contributed by atoms with E-state index in [-0.39, 0.29) is 30.8 Å². The number of pyridine rings is 1. The van der Waals surface area contributed by atoms with Gasteiger partial charge in [-0.2, -0.15) is 0 Å². The number of benzene rings is 2. The lowest BCUT2D eigenvalue weighted by Crippen LogP contribution is -2.39. The molecule has 2 amide bonds. The number of carbonyl (C=O) groups is 3. The Morgan fingerprint density at radius 1 is 1.05 bits per heavy atom. The van der Waals surface area contributed by atoms with Crippen molar-refractivity contribution in [3.05, 3.63) is 65.9 Å². The molecule has 0 radical (unpaired) electrons. The number of fused-ring (bicyclic) bond motifs is 1. The standard InChI is InChI=1S/C28H32N4O5/c1-2-36-25(33)12-10-22(18-37-23-11-9-19-13-14-30-26(29)24(19)17-23)31-27(34)20-5-7-21(8-6-20)28(35)32-15-3-4-16-32/h5-9,11,13-14,17,22H,2-4,10,12,15-16,18H2,1H3,(H2,29,30)(H,31,34)/t22-/m1/s1. The molecule has 1 aromatic heterocycles. The van der Waals surface area contributed by atoms with Crippen LogP contribution in [-0.2, 0) is 9.53 Å². The number of likely N-dealkylation sites (tertiary alicyclic amines) is 1. The fourth-order valence-electron chi connectivity index (χ4n) is 4.31. The first-order valence-electron chi connectivity index (χ1n) is 12.6. The molecule has 1 aliphatic rings. The zero-order valence-electron chi connectivity index (χ0n) is 20.9. The molecule has 0 spiro atoms. The number of carbonyl (C=O) groups excluding carboxylic acids is 3. The van der Waals surface area contributed by atoms with Crippen molar-refractivity contribution in [1.82, 2.24) is 15.2 Å². The van der Waals surface area contributed by atoms with Crippen molar-refractivity contribution >= 4 is 34.4 Å². The number of nitrogens with one attached hydrogen (secondary N) is 1. The number of nitrogens with two attached hydrogens (primary N) is 1. The number of hydrogen-bond acceptors (Lipinski definition) is 7. The molecule has 0 aliphatic carbocycles. The summed E-state index contributed by atoms with van der Waals surface area (Å²) >= 11 is 0. The van der Waals surface area contributed by atoms with E-state index in [9.17, 15) is 14.4 Å². The average molecular weight is 505 g/mol. The molecule has 4 rings (SSSR count). The van der Waals surface area contributed by atoms with Crippen molar-refractivity contribution in [3.63, 3.8) is 0 Å². The number of ether oxygens (including phenoxy) is 2. The van der Waals surface area contributed by atoms with Crippen LogP contribution in [-0.4, -0.2) is 60.0 Å². The van der Waals surface area contributed by atoms with E-state index in [1.54, 1.807) is 43.5 Å². The van der Waals surface area contributed by atoms with Gasteiger partial charge in [0, 0.05) is 42.2 Å². The summed E-state index contributed by atoms with van der Waals surface area (Å²) in [7, 11) is 0. The maximum Gasteiger partial charge on any atom is 0.305 e. The van der Waals surface area contributed by atoms with Crippen LogP contribution in [0.5, 0.6) is 5.75 Å². The van der Waals surface area contributed by atoms with E-state index < -0.39 is 6.04 Å². The first-order chi connectivity index (χ1) is 17.9. The molecular formula is C28H32N4O5. The van der Waals surface area contributed by atoms with Crippen LogP contribution in [0, 0.1) is 0 Å². The van der Waals surface area contributed by atoms with Crippen LogP contribution in [0.25, 0.3) is 10.8 Å². The summed E-state index contributed by atoms with van der Waals surface area (Å²) in [6.07, 6.45) is 4.16. The monoisotopic (exact) mass is 504 g/mol. The maximum atomic E-state index is 13.0. The van der Waals surface area contributed by atoms with E-state index in [0.717, 1.165) is 36.7 Å². The minimum Gasteiger partial charge on any atom is -0.491 e. The Labute approximate surface area is 215 Å². The lowest BCUT2D eigenvalue weighted by atomic mass is 10.1. The summed E-state index contributed by atoms with van der Waals surface area (Å²) in [4.78, 5) is 43.5. The van der Waals surface area contributed by atoms with Crippen LogP contribution in [0.1, 0.15) is 53.3 Å². The molecule has 1 saturated heterocycles. The summed E-state index contributed by atoms with van der Waals surface area (Å²) < 4.78 is 11.0. The molecular weight excluding hydrogens is 472 g/mol. The van der Waals surface area contributed by atoms with Crippen molar-refractivity contribution in [2.75, 3.05) is 32.0 Å². The van der Waals surface area contributed by atoms with E-state index >= 15 is 0 Å². The molecule has 1 fully saturated rings. The van der Waals surface area contributed by atoms with Gasteiger partial charge in [0.2, 0.25) is 0 Å². The quantitative estimate of drug-likeness (QED) is 0.405. The second-order valence-corrected chi connectivity index (χ2v) is 8.98. The smallest absolute Gasteiger partial charge is 0.305 e. The second-order valence-electron chi connectivity index (χ2n) is 8.98. The third-order valence-corrected chi connectivity index (χ3v) is 6.34. The molecule has 2 aromatic carbocycles. The minimum atomic E-state index is -0.454. The zero-order valence-corrected chi connectivity index (χ0v) is 20.9. The molecule has 0 bridgehead atoms. The minimum absolute atomic E-state index is 0.0172. The van der Waals surface area contributed by atoms with Gasteiger partial charge in [-0.05, 0) is 74.0 Å². The van der Waals surface area contributed by atoms with Crippen LogP contribution in [0.3, 0.4) is 0 Å². The molecule has 0 saturated carbocycles. The van der Waals surface area contributed by atoms with E-state index in [1.165, 1.54) is 0 Å². The summed E-state index contributed by atoms with van der Waals surface area (Å²) in [5.74, 6) is 0.311. The SMILES string of the molecule is CCOC(=O)CC[C@H](COc1ccc2ccnc(N)c2c1)NC(=O)c1ccc(C(=O)N2CCCC2)cc1. The molecule has 9 heteroatoms. The van der Waals surface area contributed by atoms with Crippen LogP contribution >= 0.6 is 0 Å². The molecule has 1 atom stereocenters. The number of anilines is 1. The van der Waals surface area contributed by atoms with Crippen LogP contribution in [0.2, 0.25) is 0 Å². The van der Waals surface area contributed by atoms with Crippen LogP contribution < -0.4 is 15.8 Å². The van der Waals surface area contributed by atoms with Crippen molar-refractivity contribution in [1.29, 1.82) is 0 Å². The summed E-state index contributed by atoms with van der Waals surface area (Å²) in [6.45, 7) is 3.72. The largest absolute Gasteiger partial charge is 0.491 e. The highest BCUT2D eigenvalue weighted by Gasteiger charge is 2.21. The van der Waals surface area contributed by atoms with Gasteiger partial charge >= 0.3 is 5.97 Å². The Balaban J connectivity index is 1.42. The Morgan fingerprint density at radius 3 is 2.51 bits per heavy atom. The number of aromatic nitrogens is 1. The van der Waals surface area contributed by atoms with Gasteiger partial charge in [-0.3, -0.25) is 14.4 Å². The Bertz CT molecular complexity index is 1260. The number of hydrogen-bond donors (Lipinski definition) is 2. The molecule has 2 heterocycles. The third kappa shape index (κ3) is 6.75. The molecule has 0 unspecified atom stereocenters. The number of nitrogens with zero attached hydrogens (tertiary/aromatic N) is 2. The van der Waals surface area contributed by atoms with Gasteiger partial charge < -0.3 is 25.4 Å². The number of nitrogen functional groups attached to an aromatic ring is 1. The zero-order chi connectivity index (χ0) is 26.2. The normalized spacial score (nSPS) is 13.8. The number of rotatable bonds is 10. The molecule has 3 aromatic rings. The predicted octanol–water partition coefficient (Wildman–Crippen LogP) is 3.57. The third-order valence-electron chi connectivity index (χ3n) is 6.34. The molecule has 37 heavy (non-hydrogen) atoms. The van der Waals surface area contributed by atoms with Crippen molar-refractivity contribution in [2.24, 2.45) is 0 Å². The Kier molecular flexibility index (Phi) is 8.56. The fourth-order valence-corrected chi connectivity index (χ4v) is 4.31. The number of amides is 2. The number of esters is 1. The maximum absolute atomic E-state index is 13.0. The Hall–Kier alpha value is -4.14. The molecule has 3 N–H and O–H groups in total. The highest BCUT2D eigenvalue weighted by atomic mass is 16.5. The average Bonchev–Trinajstić information content (AvgIpc) is 3.45. The van der Waals surface area contributed by atoms with E-state index in [0.29, 0.717) is 35.7 Å². The van der Waals surface area contributed by atoms with Gasteiger partial charge in [0.15, 0.2) is 0 Å². The highest BCUT2D eigenvalue weighted by Crippen LogP contribution is 2.24. The van der Waals surface area contributed by atoms with Gasteiger partial charge in [0.1, 0.15) is 18.2 Å². The van der Waals surface area contributed by atoms with Gasteiger partial charge in [-0.25, -0.2) is 4.98 Å². The fraction of sp³-hybridized carbons (Fsp3) is 0.357. The van der Waals surface area contributed by atoms with Crippen LogP contribution in [0.15, 0.2) is 54.7 Å². The predicted molar refractivity (Wildman–Crippen MR) is 140 cm³/mol. The summed E-state index contributed by atoms with van der Waals surface area (Å²) in [6, 6.07) is 13.6. The van der Waals surface area contributed by atoms with Crippen molar-refractivity contribution in [2.45, 2.75) is 38.6 Å². The van der Waals surface area contributed by atoms with Gasteiger partial charge in [0.25, 0.3) is 11.8 Å². The van der Waals surface area contributed by atoms with Crippen molar-refractivity contribution in [3.8, 4) is 5.75 Å². The molecule has 9 nitrogen and oxygen atoms in total. The van der Waals surface area contributed by atoms with E-state index in [4.69, 9.17) is 15.2 Å². The lowest BCUT2D eigenvalue weighted by Gasteiger charge is -2.20. The summed E-state index contributed by atoms with van der Waals surface area (Å²) in [5.41, 5.74) is 6.97.